The molecule has 0 atom stereocenters. The molecule has 0 saturated carbocycles. The summed E-state index contributed by atoms with van der Waals surface area (Å²) >= 11 is 17.3. The van der Waals surface area contributed by atoms with Crippen molar-refractivity contribution < 1.29 is 8.78 Å². The molecule has 0 N–H and O–H groups in total. The van der Waals surface area contributed by atoms with Gasteiger partial charge in [0.15, 0.2) is 0 Å². The Morgan fingerprint density at radius 1 is 0.941 bits per heavy atom. The van der Waals surface area contributed by atoms with Gasteiger partial charge in [0.25, 0.3) is 0 Å². The molecule has 2 aromatic rings. The van der Waals surface area contributed by atoms with Crippen LogP contribution in [0.5, 0.6) is 0 Å². The molecule has 0 amide bonds. The lowest BCUT2D eigenvalue weighted by molar-refractivity contribution is 0.602. The topological polar surface area (TPSA) is 12.9 Å². The fourth-order valence-electron chi connectivity index (χ4n) is 1.31. The number of pyridine rings is 1. The van der Waals surface area contributed by atoms with Crippen LogP contribution in [0.1, 0.15) is 0 Å². The molecule has 0 spiro atoms. The van der Waals surface area contributed by atoms with Crippen LogP contribution in [0.25, 0.3) is 11.3 Å². The van der Waals surface area contributed by atoms with Crippen LogP contribution in [-0.2, 0) is 0 Å². The second-order valence-corrected chi connectivity index (χ2v) is 4.39. The number of aromatic nitrogens is 1. The van der Waals surface area contributed by atoms with Crippen LogP contribution in [0.15, 0.2) is 24.3 Å². The molecule has 0 unspecified atom stereocenters. The average Bonchev–Trinajstić information content (AvgIpc) is 2.27. The summed E-state index contributed by atoms with van der Waals surface area (Å²) in [6, 6.07) is 4.32. The highest BCUT2D eigenvalue weighted by molar-refractivity contribution is 6.42. The van der Waals surface area contributed by atoms with Crippen molar-refractivity contribution in [3.63, 3.8) is 0 Å². The molecule has 0 bridgehead atoms. The summed E-state index contributed by atoms with van der Waals surface area (Å²) < 4.78 is 26.6. The summed E-state index contributed by atoms with van der Waals surface area (Å²) in [5.41, 5.74) is -0.00775. The Morgan fingerprint density at radius 2 is 1.65 bits per heavy atom. The Morgan fingerprint density at radius 3 is 2.35 bits per heavy atom. The molecule has 0 radical (unpaired) electrons. The summed E-state index contributed by atoms with van der Waals surface area (Å²) in [5.74, 6) is -1.23. The van der Waals surface area contributed by atoms with Gasteiger partial charge in [-0.25, -0.2) is 13.8 Å². The van der Waals surface area contributed by atoms with Gasteiger partial charge in [-0.2, -0.15) is 0 Å². The van der Waals surface area contributed by atoms with Crippen molar-refractivity contribution in [2.24, 2.45) is 0 Å². The number of rotatable bonds is 1. The van der Waals surface area contributed by atoms with Crippen molar-refractivity contribution in [3.8, 4) is 11.3 Å². The van der Waals surface area contributed by atoms with E-state index < -0.39 is 11.6 Å². The molecule has 1 aromatic carbocycles. The summed E-state index contributed by atoms with van der Waals surface area (Å²) in [7, 11) is 0. The van der Waals surface area contributed by atoms with Crippen molar-refractivity contribution >= 4 is 34.8 Å². The highest BCUT2D eigenvalue weighted by Crippen LogP contribution is 2.33. The first-order chi connectivity index (χ1) is 7.99. The molecule has 0 aliphatic carbocycles. The first kappa shape index (κ1) is 12.6. The second-order valence-electron chi connectivity index (χ2n) is 3.22. The standard InChI is InChI=1S/C11H4Cl3F2N/c12-7-4-8(13)11(14)17-10(7)6-3-5(15)1-2-9(6)16/h1-4H. The van der Waals surface area contributed by atoms with Gasteiger partial charge in [0, 0.05) is 5.56 Å². The van der Waals surface area contributed by atoms with E-state index in [0.717, 1.165) is 18.2 Å². The Labute approximate surface area is 111 Å². The van der Waals surface area contributed by atoms with Gasteiger partial charge in [0.1, 0.15) is 16.8 Å². The molecule has 2 rings (SSSR count). The van der Waals surface area contributed by atoms with E-state index >= 15 is 0 Å². The molecule has 0 fully saturated rings. The largest absolute Gasteiger partial charge is 0.233 e. The molecule has 0 aliphatic heterocycles. The van der Waals surface area contributed by atoms with Crippen LogP contribution in [0, 0.1) is 11.6 Å². The summed E-state index contributed by atoms with van der Waals surface area (Å²) in [5, 5.41) is 0.232. The summed E-state index contributed by atoms with van der Waals surface area (Å²) in [6.45, 7) is 0. The molecule has 0 saturated heterocycles. The van der Waals surface area contributed by atoms with Crippen LogP contribution in [0.4, 0.5) is 8.78 Å². The minimum Gasteiger partial charge on any atom is -0.233 e. The van der Waals surface area contributed by atoms with Crippen LogP contribution >= 0.6 is 34.8 Å². The Kier molecular flexibility index (Phi) is 3.52. The van der Waals surface area contributed by atoms with Crippen LogP contribution in [0.2, 0.25) is 15.2 Å². The average molecular weight is 295 g/mol. The highest BCUT2D eigenvalue weighted by atomic mass is 35.5. The van der Waals surface area contributed by atoms with Gasteiger partial charge in [0.05, 0.1) is 15.7 Å². The Hall–Kier alpha value is -0.900. The van der Waals surface area contributed by atoms with E-state index in [1.165, 1.54) is 6.07 Å². The van der Waals surface area contributed by atoms with Gasteiger partial charge in [-0.15, -0.1) is 0 Å². The molecule has 17 heavy (non-hydrogen) atoms. The first-order valence-corrected chi connectivity index (χ1v) is 5.59. The van der Waals surface area contributed by atoms with Gasteiger partial charge in [0.2, 0.25) is 0 Å². The third kappa shape index (κ3) is 2.51. The van der Waals surface area contributed by atoms with Crippen molar-refractivity contribution in [2.75, 3.05) is 0 Å². The second kappa shape index (κ2) is 4.77. The predicted octanol–water partition coefficient (Wildman–Crippen LogP) is 4.99. The number of benzene rings is 1. The maximum atomic E-state index is 13.5. The quantitative estimate of drug-likeness (QED) is 0.675. The third-order valence-corrected chi connectivity index (χ3v) is 3.03. The maximum absolute atomic E-state index is 13.5. The van der Waals surface area contributed by atoms with E-state index in [9.17, 15) is 8.78 Å². The SMILES string of the molecule is Fc1ccc(F)c(-c2nc(Cl)c(Cl)cc2Cl)c1. The fraction of sp³-hybridized carbons (Fsp3) is 0. The minimum atomic E-state index is -0.640. The smallest absolute Gasteiger partial charge is 0.148 e. The van der Waals surface area contributed by atoms with Crippen molar-refractivity contribution in [3.05, 3.63) is 51.1 Å². The van der Waals surface area contributed by atoms with E-state index in [0.29, 0.717) is 0 Å². The van der Waals surface area contributed by atoms with Gasteiger partial charge in [-0.1, -0.05) is 34.8 Å². The molecule has 88 valence electrons. The molecular formula is C11H4Cl3F2N. The van der Waals surface area contributed by atoms with Crippen molar-refractivity contribution in [1.29, 1.82) is 0 Å². The zero-order valence-corrected chi connectivity index (χ0v) is 10.4. The van der Waals surface area contributed by atoms with E-state index in [1.807, 2.05) is 0 Å². The molecule has 1 aromatic heterocycles. The van der Waals surface area contributed by atoms with Crippen LogP contribution in [0.3, 0.4) is 0 Å². The Bertz CT molecular complexity index is 587. The highest BCUT2D eigenvalue weighted by Gasteiger charge is 2.14. The normalized spacial score (nSPS) is 10.6. The van der Waals surface area contributed by atoms with Gasteiger partial charge < -0.3 is 0 Å². The lowest BCUT2D eigenvalue weighted by Crippen LogP contribution is -1.92. The lowest BCUT2D eigenvalue weighted by atomic mass is 10.1. The zero-order chi connectivity index (χ0) is 12.6. The van der Waals surface area contributed by atoms with Gasteiger partial charge in [-0.3, -0.25) is 0 Å². The van der Waals surface area contributed by atoms with Gasteiger partial charge in [-0.05, 0) is 24.3 Å². The number of hydrogen-bond donors (Lipinski definition) is 0. The predicted molar refractivity (Wildman–Crippen MR) is 64.6 cm³/mol. The first-order valence-electron chi connectivity index (χ1n) is 4.46. The summed E-state index contributed by atoms with van der Waals surface area (Å²) in [6.07, 6.45) is 0. The van der Waals surface area contributed by atoms with E-state index in [1.54, 1.807) is 0 Å². The number of nitrogens with zero attached hydrogens (tertiary/aromatic N) is 1. The third-order valence-electron chi connectivity index (χ3n) is 2.07. The zero-order valence-electron chi connectivity index (χ0n) is 8.15. The van der Waals surface area contributed by atoms with E-state index in [-0.39, 0.29) is 26.5 Å². The molecule has 6 heteroatoms. The maximum Gasteiger partial charge on any atom is 0.148 e. The molecule has 0 aliphatic rings. The molecular weight excluding hydrogens is 290 g/mol. The Balaban J connectivity index is 2.68. The van der Waals surface area contributed by atoms with Crippen LogP contribution in [-0.4, -0.2) is 4.98 Å². The van der Waals surface area contributed by atoms with E-state index in [2.05, 4.69) is 4.98 Å². The van der Waals surface area contributed by atoms with E-state index in [4.69, 9.17) is 34.8 Å². The van der Waals surface area contributed by atoms with Gasteiger partial charge >= 0.3 is 0 Å². The molecule has 1 heterocycles. The van der Waals surface area contributed by atoms with Crippen molar-refractivity contribution in [2.45, 2.75) is 0 Å². The van der Waals surface area contributed by atoms with Crippen LogP contribution < -0.4 is 0 Å². The monoisotopic (exact) mass is 293 g/mol. The number of halogens is 5. The minimum absolute atomic E-state index is 0.0188. The number of hydrogen-bond acceptors (Lipinski definition) is 1. The summed E-state index contributed by atoms with van der Waals surface area (Å²) in [4.78, 5) is 3.84. The molecule has 1 nitrogen and oxygen atoms in total. The van der Waals surface area contributed by atoms with Crippen molar-refractivity contribution in [1.82, 2.24) is 4.98 Å². The fourth-order valence-corrected chi connectivity index (χ4v) is 1.91. The lowest BCUT2D eigenvalue weighted by Gasteiger charge is -2.06.